The summed E-state index contributed by atoms with van der Waals surface area (Å²) in [5.74, 6) is 5.95. The van der Waals surface area contributed by atoms with Gasteiger partial charge < -0.3 is 17.3 Å². The van der Waals surface area contributed by atoms with Gasteiger partial charge in [-0.05, 0) is 30.2 Å². The van der Waals surface area contributed by atoms with E-state index in [0.717, 1.165) is 15.6 Å². The summed E-state index contributed by atoms with van der Waals surface area (Å²) in [5, 5.41) is 2.08. The van der Waals surface area contributed by atoms with Crippen LogP contribution >= 0.6 is 23.1 Å². The number of nitrogens with two attached hydrogens (primary N) is 1. The predicted octanol–water partition coefficient (Wildman–Crippen LogP) is 3.44. The first kappa shape index (κ1) is 15.8. The monoisotopic (exact) mass is 310 g/mol. The molecule has 19 heavy (non-hydrogen) atoms. The molecule has 0 aliphatic carbocycles. The van der Waals surface area contributed by atoms with Crippen LogP contribution in [0, 0.1) is 0 Å². The van der Waals surface area contributed by atoms with Gasteiger partial charge in [-0.3, -0.25) is 0 Å². The maximum absolute atomic E-state index is 9.75. The van der Waals surface area contributed by atoms with Crippen LogP contribution in [0.1, 0.15) is 0 Å². The highest BCUT2D eigenvalue weighted by Gasteiger charge is 2.20. The number of halogens is 4. The topological polar surface area (TPSA) is 29.9 Å². The Morgan fingerprint density at radius 1 is 1.16 bits per heavy atom. The molecule has 0 bridgehead atoms. The highest BCUT2D eigenvalue weighted by molar-refractivity contribution is 8.00. The van der Waals surface area contributed by atoms with Gasteiger partial charge in [-0.2, -0.15) is 0 Å². The lowest BCUT2D eigenvalue weighted by Crippen LogP contribution is -2.46. The standard InChI is InChI=1S/C10H11N2S2.BF4/c1-13-10-12(11)9(7-14-10)8-5-3-2-4-6-8;2-1(3,4)5/h2-7H,11H2,1H3;/q+1;-1. The maximum atomic E-state index is 9.75. The van der Waals surface area contributed by atoms with Crippen molar-refractivity contribution in [2.75, 3.05) is 12.1 Å². The van der Waals surface area contributed by atoms with Gasteiger partial charge in [-0.25, -0.2) is 5.84 Å². The number of nitrogens with zero attached hydrogens (tertiary/aromatic N) is 1. The summed E-state index contributed by atoms with van der Waals surface area (Å²) in [4.78, 5) is 0. The molecule has 0 amide bonds. The number of thiazole rings is 1. The molecule has 0 unspecified atom stereocenters. The highest BCUT2D eigenvalue weighted by Crippen LogP contribution is 2.23. The van der Waals surface area contributed by atoms with E-state index >= 15 is 0 Å². The zero-order valence-electron chi connectivity index (χ0n) is 9.89. The Morgan fingerprint density at radius 2 is 1.68 bits per heavy atom. The minimum absolute atomic E-state index is 1.07. The van der Waals surface area contributed by atoms with Crippen molar-refractivity contribution >= 4 is 30.4 Å². The predicted molar refractivity (Wildman–Crippen MR) is 72.1 cm³/mol. The van der Waals surface area contributed by atoms with Crippen LogP contribution in [0.2, 0.25) is 0 Å². The molecule has 104 valence electrons. The third-order valence-electron chi connectivity index (χ3n) is 1.97. The van der Waals surface area contributed by atoms with Crippen molar-refractivity contribution in [2.24, 2.45) is 0 Å². The summed E-state index contributed by atoms with van der Waals surface area (Å²) >= 11 is 3.34. The number of rotatable bonds is 2. The zero-order chi connectivity index (χ0) is 14.5. The molecule has 1 aromatic heterocycles. The van der Waals surface area contributed by atoms with E-state index in [4.69, 9.17) is 5.84 Å². The lowest BCUT2D eigenvalue weighted by Gasteiger charge is -1.94. The first-order chi connectivity index (χ1) is 8.83. The number of hydrogen-bond donors (Lipinski definition) is 1. The van der Waals surface area contributed by atoms with E-state index in [1.807, 2.05) is 24.5 Å². The Balaban J connectivity index is 0.000000312. The van der Waals surface area contributed by atoms with Gasteiger partial charge in [-0.15, -0.1) is 0 Å². The quantitative estimate of drug-likeness (QED) is 0.303. The number of nitrogen functional groups attached to an aromatic ring is 1. The second kappa shape index (κ2) is 6.81. The van der Waals surface area contributed by atoms with Crippen molar-refractivity contribution in [1.82, 2.24) is 0 Å². The minimum atomic E-state index is -6.00. The minimum Gasteiger partial charge on any atom is -0.418 e. The summed E-state index contributed by atoms with van der Waals surface area (Å²) < 4.78 is 41.9. The van der Waals surface area contributed by atoms with E-state index in [2.05, 4.69) is 17.5 Å². The second-order valence-corrected chi connectivity index (χ2v) is 5.23. The maximum Gasteiger partial charge on any atom is 0.673 e. The molecule has 2 N–H and O–H groups in total. The van der Waals surface area contributed by atoms with Gasteiger partial charge >= 0.3 is 11.6 Å². The van der Waals surface area contributed by atoms with Crippen LogP contribution in [-0.2, 0) is 0 Å². The molecule has 2 aromatic rings. The van der Waals surface area contributed by atoms with E-state index in [9.17, 15) is 17.3 Å². The Morgan fingerprint density at radius 3 is 2.11 bits per heavy atom. The molecule has 1 aromatic carbocycles. The van der Waals surface area contributed by atoms with Gasteiger partial charge in [0.1, 0.15) is 0 Å². The molecular formula is C10H11BF4N2S2. The first-order valence-electron chi connectivity index (χ1n) is 5.08. The van der Waals surface area contributed by atoms with Gasteiger partial charge in [0.25, 0.3) is 5.69 Å². The Hall–Kier alpha value is -1.22. The number of thioether (sulfide) groups is 1. The van der Waals surface area contributed by atoms with Crippen molar-refractivity contribution in [3.05, 3.63) is 35.7 Å². The van der Waals surface area contributed by atoms with Crippen LogP contribution in [0.25, 0.3) is 11.3 Å². The molecule has 9 heteroatoms. The average molecular weight is 310 g/mol. The summed E-state index contributed by atoms with van der Waals surface area (Å²) in [6.45, 7) is 0. The van der Waals surface area contributed by atoms with Crippen LogP contribution in [0.4, 0.5) is 17.3 Å². The van der Waals surface area contributed by atoms with Crippen LogP contribution in [0.3, 0.4) is 0 Å². The lowest BCUT2D eigenvalue weighted by molar-refractivity contribution is -0.659. The summed E-state index contributed by atoms with van der Waals surface area (Å²) in [7, 11) is -6.00. The van der Waals surface area contributed by atoms with Crippen molar-refractivity contribution in [3.8, 4) is 11.3 Å². The van der Waals surface area contributed by atoms with E-state index in [1.165, 1.54) is 0 Å². The average Bonchev–Trinajstić information content (AvgIpc) is 2.69. The third kappa shape index (κ3) is 5.52. The molecule has 0 aliphatic heterocycles. The van der Waals surface area contributed by atoms with E-state index < -0.39 is 7.25 Å². The normalized spacial score (nSPS) is 10.8. The fraction of sp³-hybridized carbons (Fsp3) is 0.100. The van der Waals surface area contributed by atoms with Gasteiger partial charge in [0, 0.05) is 5.56 Å². The molecule has 2 nitrogen and oxygen atoms in total. The molecule has 2 rings (SSSR count). The van der Waals surface area contributed by atoms with Crippen LogP contribution in [0.5, 0.6) is 0 Å². The molecule has 0 saturated carbocycles. The highest BCUT2D eigenvalue weighted by atomic mass is 32.2. The van der Waals surface area contributed by atoms with Crippen molar-refractivity contribution < 1.29 is 21.9 Å². The first-order valence-corrected chi connectivity index (χ1v) is 7.18. The molecule has 1 heterocycles. The molecule has 0 atom stereocenters. The van der Waals surface area contributed by atoms with Crippen molar-refractivity contribution in [2.45, 2.75) is 4.34 Å². The SMILES string of the molecule is CSc1scc(-c2ccccc2)[n+]1N.F[B-](F)(F)F. The van der Waals surface area contributed by atoms with Gasteiger partial charge in [0.05, 0.1) is 5.38 Å². The number of hydrogen-bond acceptors (Lipinski definition) is 3. The Labute approximate surface area is 116 Å². The van der Waals surface area contributed by atoms with Crippen LogP contribution in [0.15, 0.2) is 40.1 Å². The summed E-state index contributed by atoms with van der Waals surface area (Å²) in [6, 6.07) is 10.2. The third-order valence-corrected chi connectivity index (χ3v) is 4.05. The summed E-state index contributed by atoms with van der Waals surface area (Å²) in [5.41, 5.74) is 2.23. The molecule has 0 fully saturated rings. The van der Waals surface area contributed by atoms with E-state index in [0.29, 0.717) is 0 Å². The number of benzene rings is 1. The smallest absolute Gasteiger partial charge is 0.418 e. The van der Waals surface area contributed by atoms with Crippen molar-refractivity contribution in [3.63, 3.8) is 0 Å². The molecular weight excluding hydrogens is 299 g/mol. The Kier molecular flexibility index (Phi) is 5.68. The largest absolute Gasteiger partial charge is 0.673 e. The summed E-state index contributed by atoms with van der Waals surface area (Å²) in [6.07, 6.45) is 2.03. The van der Waals surface area contributed by atoms with Crippen LogP contribution in [-0.4, -0.2) is 13.5 Å². The molecule has 0 spiro atoms. The van der Waals surface area contributed by atoms with Crippen molar-refractivity contribution in [1.29, 1.82) is 0 Å². The lowest BCUT2D eigenvalue weighted by atomic mass is 10.2. The Bertz CT molecular complexity index is 510. The van der Waals surface area contributed by atoms with E-state index in [-0.39, 0.29) is 0 Å². The fourth-order valence-electron chi connectivity index (χ4n) is 1.28. The fourth-order valence-corrected chi connectivity index (χ4v) is 2.78. The second-order valence-electron chi connectivity index (χ2n) is 3.32. The zero-order valence-corrected chi connectivity index (χ0v) is 11.5. The van der Waals surface area contributed by atoms with Gasteiger partial charge in [0.2, 0.25) is 0 Å². The van der Waals surface area contributed by atoms with Crippen LogP contribution < -0.4 is 10.5 Å². The molecule has 0 radical (unpaired) electrons. The number of aromatic nitrogens is 1. The van der Waals surface area contributed by atoms with E-state index in [1.54, 1.807) is 27.8 Å². The molecule has 0 saturated heterocycles. The van der Waals surface area contributed by atoms with Gasteiger partial charge in [0.15, 0.2) is 0 Å². The van der Waals surface area contributed by atoms with Gasteiger partial charge in [-0.1, -0.05) is 34.2 Å². The molecule has 0 aliphatic rings.